The van der Waals surface area contributed by atoms with Crippen molar-refractivity contribution in [3.63, 3.8) is 0 Å². The molecular formula is C17H24N2O2S. The van der Waals surface area contributed by atoms with Gasteiger partial charge in [-0.05, 0) is 17.5 Å². The number of hydrogen-bond donors (Lipinski definition) is 1. The highest BCUT2D eigenvalue weighted by atomic mass is 32.1. The molecule has 1 aliphatic heterocycles. The smallest absolute Gasteiger partial charge is 0.0594 e. The summed E-state index contributed by atoms with van der Waals surface area (Å²) in [6, 6.07) is 10.8. The minimum atomic E-state index is 0.216. The molecule has 1 aromatic heterocycles. The van der Waals surface area contributed by atoms with Gasteiger partial charge in [-0.3, -0.25) is 9.80 Å². The Morgan fingerprint density at radius 2 is 2.00 bits per heavy atom. The van der Waals surface area contributed by atoms with Crippen LogP contribution in [0.4, 0.5) is 0 Å². The maximum atomic E-state index is 9.32. The molecule has 2 heterocycles. The zero-order valence-electron chi connectivity index (χ0n) is 12.9. The highest BCUT2D eigenvalue weighted by Crippen LogP contribution is 2.26. The molecule has 0 aliphatic carbocycles. The molecule has 1 aliphatic rings. The van der Waals surface area contributed by atoms with Gasteiger partial charge in [-0.2, -0.15) is 0 Å². The first kappa shape index (κ1) is 15.9. The summed E-state index contributed by atoms with van der Waals surface area (Å²) in [5.41, 5.74) is 0. The molecule has 1 aromatic carbocycles. The van der Waals surface area contributed by atoms with Crippen LogP contribution in [0, 0.1) is 0 Å². The van der Waals surface area contributed by atoms with E-state index in [-0.39, 0.29) is 6.61 Å². The van der Waals surface area contributed by atoms with Gasteiger partial charge in [0.15, 0.2) is 0 Å². The highest BCUT2D eigenvalue weighted by molar-refractivity contribution is 7.19. The van der Waals surface area contributed by atoms with Gasteiger partial charge in [0, 0.05) is 48.8 Å². The van der Waals surface area contributed by atoms with Crippen LogP contribution in [0.15, 0.2) is 30.3 Å². The quantitative estimate of drug-likeness (QED) is 0.847. The maximum absolute atomic E-state index is 9.32. The number of aliphatic hydroxyl groups is 1. The van der Waals surface area contributed by atoms with Crippen LogP contribution < -0.4 is 0 Å². The predicted octanol–water partition coefficient (Wildman–Crippen LogP) is 2.03. The molecule has 0 atom stereocenters. The second-order valence-corrected chi connectivity index (χ2v) is 6.87. The largest absolute Gasteiger partial charge is 0.395 e. The number of fused-ring (bicyclic) bond motifs is 1. The van der Waals surface area contributed by atoms with Crippen LogP contribution in [0.25, 0.3) is 10.1 Å². The topological polar surface area (TPSA) is 35.9 Å². The maximum Gasteiger partial charge on any atom is 0.0594 e. The third-order valence-electron chi connectivity index (χ3n) is 4.11. The van der Waals surface area contributed by atoms with Gasteiger partial charge in [-0.15, -0.1) is 11.3 Å². The summed E-state index contributed by atoms with van der Waals surface area (Å²) >= 11 is 1.86. The Morgan fingerprint density at radius 3 is 2.77 bits per heavy atom. The SMILES string of the molecule is OCCN(CCN1CCOCC1)Cc1cc2ccccc2s1. The highest BCUT2D eigenvalue weighted by Gasteiger charge is 2.13. The molecule has 22 heavy (non-hydrogen) atoms. The van der Waals surface area contributed by atoms with Crippen LogP contribution >= 0.6 is 11.3 Å². The lowest BCUT2D eigenvalue weighted by atomic mass is 10.2. The van der Waals surface area contributed by atoms with Crippen LogP contribution in [-0.4, -0.2) is 67.5 Å². The third-order valence-corrected chi connectivity index (χ3v) is 5.21. The molecule has 0 spiro atoms. The lowest BCUT2D eigenvalue weighted by Crippen LogP contribution is -2.41. The average molecular weight is 320 g/mol. The number of benzene rings is 1. The summed E-state index contributed by atoms with van der Waals surface area (Å²) < 4.78 is 6.73. The summed E-state index contributed by atoms with van der Waals surface area (Å²) in [6.45, 7) is 7.65. The van der Waals surface area contributed by atoms with Crippen LogP contribution in [-0.2, 0) is 11.3 Å². The molecule has 120 valence electrons. The Bertz CT molecular complexity index is 548. The van der Waals surface area contributed by atoms with Crippen molar-refractivity contribution < 1.29 is 9.84 Å². The monoisotopic (exact) mass is 320 g/mol. The Labute approximate surface area is 135 Å². The average Bonchev–Trinajstić information content (AvgIpc) is 2.96. The molecule has 0 saturated carbocycles. The van der Waals surface area contributed by atoms with Gasteiger partial charge in [0.05, 0.1) is 19.8 Å². The van der Waals surface area contributed by atoms with E-state index in [1.165, 1.54) is 15.0 Å². The Morgan fingerprint density at radius 1 is 1.18 bits per heavy atom. The van der Waals surface area contributed by atoms with Crippen molar-refractivity contribution in [2.75, 3.05) is 52.5 Å². The molecule has 1 N–H and O–H groups in total. The van der Waals surface area contributed by atoms with E-state index >= 15 is 0 Å². The number of rotatable bonds is 7. The fraction of sp³-hybridized carbons (Fsp3) is 0.529. The van der Waals surface area contributed by atoms with E-state index < -0.39 is 0 Å². The van der Waals surface area contributed by atoms with Crippen molar-refractivity contribution >= 4 is 21.4 Å². The van der Waals surface area contributed by atoms with E-state index in [0.717, 1.165) is 52.5 Å². The van der Waals surface area contributed by atoms with E-state index in [1.807, 2.05) is 11.3 Å². The minimum Gasteiger partial charge on any atom is -0.395 e. The Kier molecular flexibility index (Phi) is 5.81. The number of aliphatic hydroxyl groups excluding tert-OH is 1. The van der Waals surface area contributed by atoms with Gasteiger partial charge in [0.1, 0.15) is 0 Å². The van der Waals surface area contributed by atoms with E-state index in [4.69, 9.17) is 4.74 Å². The van der Waals surface area contributed by atoms with Crippen molar-refractivity contribution in [2.24, 2.45) is 0 Å². The molecule has 4 nitrogen and oxygen atoms in total. The molecule has 0 amide bonds. The van der Waals surface area contributed by atoms with E-state index in [9.17, 15) is 5.11 Å². The van der Waals surface area contributed by atoms with Gasteiger partial charge in [-0.1, -0.05) is 18.2 Å². The van der Waals surface area contributed by atoms with Crippen LogP contribution in [0.1, 0.15) is 4.88 Å². The first-order valence-corrected chi connectivity index (χ1v) is 8.77. The van der Waals surface area contributed by atoms with Gasteiger partial charge < -0.3 is 9.84 Å². The third kappa shape index (κ3) is 4.27. The molecular weight excluding hydrogens is 296 g/mol. The van der Waals surface area contributed by atoms with Crippen molar-refractivity contribution in [1.29, 1.82) is 0 Å². The van der Waals surface area contributed by atoms with Crippen LogP contribution in [0.2, 0.25) is 0 Å². The number of ether oxygens (including phenoxy) is 1. The van der Waals surface area contributed by atoms with Crippen molar-refractivity contribution in [2.45, 2.75) is 6.54 Å². The van der Waals surface area contributed by atoms with E-state index in [0.29, 0.717) is 0 Å². The molecule has 0 bridgehead atoms. The fourth-order valence-electron chi connectivity index (χ4n) is 2.85. The molecule has 3 rings (SSSR count). The molecule has 2 aromatic rings. The molecule has 0 radical (unpaired) electrons. The summed E-state index contributed by atoms with van der Waals surface area (Å²) in [6.07, 6.45) is 0. The second-order valence-electron chi connectivity index (χ2n) is 5.70. The minimum absolute atomic E-state index is 0.216. The standard InChI is InChI=1S/C17H24N2O2S/c20-10-7-19(6-5-18-8-11-21-12-9-18)14-16-13-15-3-1-2-4-17(15)22-16/h1-4,13,20H,5-12,14H2. The molecule has 0 unspecified atom stereocenters. The zero-order chi connectivity index (χ0) is 15.2. The Hall–Kier alpha value is -0.980. The summed E-state index contributed by atoms with van der Waals surface area (Å²) in [5.74, 6) is 0. The van der Waals surface area contributed by atoms with Gasteiger partial charge in [0.2, 0.25) is 0 Å². The Balaban J connectivity index is 1.58. The first-order chi connectivity index (χ1) is 10.8. The van der Waals surface area contributed by atoms with Crippen LogP contribution in [0.5, 0.6) is 0 Å². The normalized spacial score (nSPS) is 16.6. The molecule has 5 heteroatoms. The number of morpholine rings is 1. The van der Waals surface area contributed by atoms with Gasteiger partial charge in [-0.25, -0.2) is 0 Å². The molecule has 1 fully saturated rings. The summed E-state index contributed by atoms with van der Waals surface area (Å²) in [4.78, 5) is 6.16. The second kappa shape index (κ2) is 8.04. The van der Waals surface area contributed by atoms with E-state index in [2.05, 4.69) is 40.1 Å². The number of thiophene rings is 1. The van der Waals surface area contributed by atoms with Crippen molar-refractivity contribution in [3.05, 3.63) is 35.2 Å². The van der Waals surface area contributed by atoms with E-state index in [1.54, 1.807) is 0 Å². The van der Waals surface area contributed by atoms with Crippen molar-refractivity contribution in [1.82, 2.24) is 9.80 Å². The molecule has 1 saturated heterocycles. The summed E-state index contributed by atoms with van der Waals surface area (Å²) in [7, 11) is 0. The summed E-state index contributed by atoms with van der Waals surface area (Å²) in [5, 5.41) is 10.6. The van der Waals surface area contributed by atoms with Gasteiger partial charge in [0.25, 0.3) is 0 Å². The lowest BCUT2D eigenvalue weighted by molar-refractivity contribution is 0.0321. The lowest BCUT2D eigenvalue weighted by Gasteiger charge is -2.29. The van der Waals surface area contributed by atoms with Crippen molar-refractivity contribution in [3.8, 4) is 0 Å². The zero-order valence-corrected chi connectivity index (χ0v) is 13.7. The fourth-order valence-corrected chi connectivity index (χ4v) is 3.96. The number of nitrogens with zero attached hydrogens (tertiary/aromatic N) is 2. The number of hydrogen-bond acceptors (Lipinski definition) is 5. The predicted molar refractivity (Wildman–Crippen MR) is 91.4 cm³/mol. The first-order valence-electron chi connectivity index (χ1n) is 7.96. The van der Waals surface area contributed by atoms with Crippen LogP contribution in [0.3, 0.4) is 0 Å². The van der Waals surface area contributed by atoms with Gasteiger partial charge >= 0.3 is 0 Å².